The van der Waals surface area contributed by atoms with Gasteiger partial charge in [-0.05, 0) is 32.8 Å². The Morgan fingerprint density at radius 1 is 1.62 bits per heavy atom. The molecule has 0 radical (unpaired) electrons. The van der Waals surface area contributed by atoms with Crippen LogP contribution in [0.3, 0.4) is 0 Å². The molecule has 2 heterocycles. The van der Waals surface area contributed by atoms with E-state index in [-0.39, 0.29) is 22.7 Å². The van der Waals surface area contributed by atoms with Crippen molar-refractivity contribution in [2.24, 2.45) is 0 Å². The maximum atomic E-state index is 12.3. The standard InChI is InChI=1S/C13H20N2O5S/c1-3-15-8-10(7-11(15)13(16)17)21(18,19)14-9(2)12-5-4-6-20-12/h7-9,12,14H,3-6H2,1-2H3,(H,16,17). The van der Waals surface area contributed by atoms with Crippen LogP contribution < -0.4 is 4.72 Å². The molecule has 118 valence electrons. The number of rotatable bonds is 6. The molecule has 1 saturated heterocycles. The smallest absolute Gasteiger partial charge is 0.352 e. The summed E-state index contributed by atoms with van der Waals surface area (Å²) in [7, 11) is -3.76. The second-order valence-electron chi connectivity index (χ2n) is 5.11. The molecule has 1 aliphatic heterocycles. The maximum absolute atomic E-state index is 12.3. The van der Waals surface area contributed by atoms with E-state index in [1.165, 1.54) is 16.8 Å². The topological polar surface area (TPSA) is 97.6 Å². The van der Waals surface area contributed by atoms with Gasteiger partial charge in [0.2, 0.25) is 10.0 Å². The third kappa shape index (κ3) is 3.45. The minimum Gasteiger partial charge on any atom is -0.477 e. The lowest BCUT2D eigenvalue weighted by atomic mass is 10.1. The average molecular weight is 316 g/mol. The van der Waals surface area contributed by atoms with Gasteiger partial charge in [0.1, 0.15) is 10.6 Å². The summed E-state index contributed by atoms with van der Waals surface area (Å²) >= 11 is 0. The highest BCUT2D eigenvalue weighted by atomic mass is 32.2. The van der Waals surface area contributed by atoms with Crippen LogP contribution in [-0.2, 0) is 21.3 Å². The summed E-state index contributed by atoms with van der Waals surface area (Å²) in [6.45, 7) is 4.54. The van der Waals surface area contributed by atoms with Crippen LogP contribution in [0.1, 0.15) is 37.2 Å². The predicted octanol–water partition coefficient (Wildman–Crippen LogP) is 1.05. The van der Waals surface area contributed by atoms with E-state index in [1.807, 2.05) is 0 Å². The van der Waals surface area contributed by atoms with Crippen LogP contribution in [0.5, 0.6) is 0 Å². The van der Waals surface area contributed by atoms with E-state index in [4.69, 9.17) is 9.84 Å². The number of sulfonamides is 1. The number of carbonyl (C=O) groups is 1. The summed E-state index contributed by atoms with van der Waals surface area (Å²) < 4.78 is 34.1. The largest absolute Gasteiger partial charge is 0.477 e. The second-order valence-corrected chi connectivity index (χ2v) is 6.83. The summed E-state index contributed by atoms with van der Waals surface area (Å²) in [4.78, 5) is 11.1. The molecule has 2 rings (SSSR count). The Kier molecular flexibility index (Phi) is 4.70. The fraction of sp³-hybridized carbons (Fsp3) is 0.615. The van der Waals surface area contributed by atoms with E-state index >= 15 is 0 Å². The van der Waals surface area contributed by atoms with E-state index in [9.17, 15) is 13.2 Å². The van der Waals surface area contributed by atoms with Gasteiger partial charge in [0, 0.05) is 25.4 Å². The fourth-order valence-corrected chi connectivity index (χ4v) is 3.77. The maximum Gasteiger partial charge on any atom is 0.352 e. The number of carboxylic acids is 1. The number of nitrogens with one attached hydrogen (secondary N) is 1. The second kappa shape index (κ2) is 6.17. The highest BCUT2D eigenvalue weighted by Crippen LogP contribution is 2.19. The lowest BCUT2D eigenvalue weighted by Crippen LogP contribution is -2.40. The van der Waals surface area contributed by atoms with Gasteiger partial charge in [-0.1, -0.05) is 0 Å². The normalized spacial score (nSPS) is 20.6. The first-order chi connectivity index (χ1) is 9.85. The number of aromatic nitrogens is 1. The van der Waals surface area contributed by atoms with Crippen molar-refractivity contribution in [2.75, 3.05) is 6.61 Å². The summed E-state index contributed by atoms with van der Waals surface area (Å²) in [6.07, 6.45) is 2.95. The molecule has 0 amide bonds. The van der Waals surface area contributed by atoms with Gasteiger partial charge in [-0.25, -0.2) is 17.9 Å². The molecule has 2 atom stereocenters. The van der Waals surface area contributed by atoms with Crippen molar-refractivity contribution in [3.8, 4) is 0 Å². The van der Waals surface area contributed by atoms with Crippen LogP contribution in [0.25, 0.3) is 0 Å². The van der Waals surface area contributed by atoms with Crippen molar-refractivity contribution < 1.29 is 23.1 Å². The minimum absolute atomic E-state index is 0.0356. The van der Waals surface area contributed by atoms with Gasteiger partial charge >= 0.3 is 5.97 Å². The first-order valence-electron chi connectivity index (χ1n) is 6.92. The van der Waals surface area contributed by atoms with Gasteiger partial charge in [-0.3, -0.25) is 0 Å². The van der Waals surface area contributed by atoms with Crippen LogP contribution >= 0.6 is 0 Å². The van der Waals surface area contributed by atoms with Crippen LogP contribution in [-0.4, -0.2) is 42.8 Å². The molecule has 1 fully saturated rings. The van der Waals surface area contributed by atoms with Crippen molar-refractivity contribution in [1.29, 1.82) is 0 Å². The Morgan fingerprint density at radius 2 is 2.33 bits per heavy atom. The molecule has 0 saturated carbocycles. The van der Waals surface area contributed by atoms with E-state index in [2.05, 4.69) is 4.72 Å². The fourth-order valence-electron chi connectivity index (χ4n) is 2.46. The van der Waals surface area contributed by atoms with Gasteiger partial charge in [-0.2, -0.15) is 0 Å². The molecule has 0 aromatic carbocycles. The number of ether oxygens (including phenoxy) is 1. The number of nitrogens with zero attached hydrogens (tertiary/aromatic N) is 1. The molecule has 2 N–H and O–H groups in total. The van der Waals surface area contributed by atoms with Crippen LogP contribution in [0.4, 0.5) is 0 Å². The Balaban J connectivity index is 2.20. The van der Waals surface area contributed by atoms with E-state index < -0.39 is 16.0 Å². The Bertz CT molecular complexity index is 617. The number of hydrogen-bond acceptors (Lipinski definition) is 4. The zero-order chi connectivity index (χ0) is 15.6. The van der Waals surface area contributed by atoms with Crippen molar-refractivity contribution in [3.05, 3.63) is 18.0 Å². The number of aromatic carboxylic acids is 1. The van der Waals surface area contributed by atoms with Crippen molar-refractivity contribution in [2.45, 2.75) is 50.3 Å². The third-order valence-corrected chi connectivity index (χ3v) is 5.13. The highest BCUT2D eigenvalue weighted by Gasteiger charge is 2.28. The Hall–Kier alpha value is -1.38. The van der Waals surface area contributed by atoms with Gasteiger partial charge in [0.25, 0.3) is 0 Å². The van der Waals surface area contributed by atoms with Crippen LogP contribution in [0.15, 0.2) is 17.2 Å². The van der Waals surface area contributed by atoms with Crippen molar-refractivity contribution in [1.82, 2.24) is 9.29 Å². The molecule has 1 aromatic rings. The van der Waals surface area contributed by atoms with Gasteiger partial charge < -0.3 is 14.4 Å². The molecular weight excluding hydrogens is 296 g/mol. The predicted molar refractivity (Wildman–Crippen MR) is 75.8 cm³/mol. The molecule has 0 spiro atoms. The average Bonchev–Trinajstić information content (AvgIpc) is 3.07. The third-order valence-electron chi connectivity index (χ3n) is 3.61. The molecule has 8 heteroatoms. The van der Waals surface area contributed by atoms with E-state index in [1.54, 1.807) is 13.8 Å². The van der Waals surface area contributed by atoms with Gasteiger partial charge in [0.15, 0.2) is 0 Å². The first-order valence-corrected chi connectivity index (χ1v) is 8.41. The highest BCUT2D eigenvalue weighted by molar-refractivity contribution is 7.89. The van der Waals surface area contributed by atoms with Crippen LogP contribution in [0, 0.1) is 0 Å². The number of hydrogen-bond donors (Lipinski definition) is 2. The van der Waals surface area contributed by atoms with Gasteiger partial charge in [-0.15, -0.1) is 0 Å². The molecule has 1 aliphatic rings. The van der Waals surface area contributed by atoms with Gasteiger partial charge in [0.05, 0.1) is 6.10 Å². The summed E-state index contributed by atoms with van der Waals surface area (Å²) in [5, 5.41) is 9.07. The van der Waals surface area contributed by atoms with Crippen LogP contribution in [0.2, 0.25) is 0 Å². The quantitative estimate of drug-likeness (QED) is 0.817. The lowest BCUT2D eigenvalue weighted by molar-refractivity contribution is 0.0685. The SMILES string of the molecule is CCn1cc(S(=O)(=O)NC(C)C2CCCO2)cc1C(=O)O. The molecule has 1 aromatic heterocycles. The Labute approximate surface area is 124 Å². The zero-order valence-electron chi connectivity index (χ0n) is 12.1. The number of carboxylic acid groups (broad SMARTS) is 1. The number of aryl methyl sites for hydroxylation is 1. The lowest BCUT2D eigenvalue weighted by Gasteiger charge is -2.19. The minimum atomic E-state index is -3.76. The van der Waals surface area contributed by atoms with Crippen molar-refractivity contribution >= 4 is 16.0 Å². The molecular formula is C13H20N2O5S. The monoisotopic (exact) mass is 316 g/mol. The summed E-state index contributed by atoms with van der Waals surface area (Å²) in [5.74, 6) is -1.15. The molecule has 21 heavy (non-hydrogen) atoms. The summed E-state index contributed by atoms with van der Waals surface area (Å²) in [6, 6.07) is 0.826. The van der Waals surface area contributed by atoms with E-state index in [0.29, 0.717) is 13.2 Å². The molecule has 7 nitrogen and oxygen atoms in total. The van der Waals surface area contributed by atoms with Crippen molar-refractivity contribution in [3.63, 3.8) is 0 Å². The Morgan fingerprint density at radius 3 is 2.81 bits per heavy atom. The molecule has 0 aliphatic carbocycles. The first kappa shape index (κ1) is 16.0. The molecule has 2 unspecified atom stereocenters. The summed E-state index contributed by atoms with van der Waals surface area (Å²) in [5.41, 5.74) is -0.0392. The molecule has 0 bridgehead atoms. The zero-order valence-corrected chi connectivity index (χ0v) is 12.9. The van der Waals surface area contributed by atoms with E-state index in [0.717, 1.165) is 12.8 Å².